The minimum Gasteiger partial charge on any atom is -0.447 e. The molecule has 1 radical (unpaired) electrons. The summed E-state index contributed by atoms with van der Waals surface area (Å²) in [5.41, 5.74) is 0. The van der Waals surface area contributed by atoms with Gasteiger partial charge in [-0.05, 0) is 18.8 Å². The van der Waals surface area contributed by atoms with Crippen molar-refractivity contribution in [1.82, 2.24) is 4.90 Å². The Morgan fingerprint density at radius 1 is 1.43 bits per heavy atom. The maximum atomic E-state index is 11.4. The molecule has 0 aromatic rings. The van der Waals surface area contributed by atoms with Crippen molar-refractivity contribution in [1.29, 1.82) is 0 Å². The van der Waals surface area contributed by atoms with Crippen molar-refractivity contribution < 1.29 is 14.3 Å². The first-order valence-corrected chi connectivity index (χ1v) is 4.97. The Bertz CT molecular complexity index is 176. The van der Waals surface area contributed by atoms with Crippen LogP contribution in [0.15, 0.2) is 0 Å². The van der Waals surface area contributed by atoms with Crippen LogP contribution in [0.5, 0.6) is 0 Å². The van der Waals surface area contributed by atoms with Gasteiger partial charge >= 0.3 is 6.09 Å². The highest BCUT2D eigenvalue weighted by atomic mass is 16.6. The van der Waals surface area contributed by atoms with Crippen LogP contribution >= 0.6 is 0 Å². The minimum atomic E-state index is -0.228. The molecule has 1 saturated heterocycles. The molecule has 0 N–H and O–H groups in total. The molecule has 1 rings (SSSR count). The lowest BCUT2D eigenvalue weighted by Crippen LogP contribution is -2.38. The molecule has 4 heteroatoms. The number of rotatable bonds is 3. The molecular weight excluding hydrogens is 182 g/mol. The SMILES string of the molecule is [CH2]C1CCN(C(=O)OCCOC)CC1. The molecular formula is C10H18NO3. The molecule has 14 heavy (non-hydrogen) atoms. The Morgan fingerprint density at radius 2 is 2.07 bits per heavy atom. The summed E-state index contributed by atoms with van der Waals surface area (Å²) in [5.74, 6) is 0.484. The topological polar surface area (TPSA) is 38.8 Å². The lowest BCUT2D eigenvalue weighted by molar-refractivity contribution is 0.0648. The predicted molar refractivity (Wildman–Crippen MR) is 52.9 cm³/mol. The second kappa shape index (κ2) is 5.86. The van der Waals surface area contributed by atoms with Crippen molar-refractivity contribution in [2.24, 2.45) is 5.92 Å². The van der Waals surface area contributed by atoms with Gasteiger partial charge in [-0.1, -0.05) is 6.92 Å². The van der Waals surface area contributed by atoms with E-state index in [2.05, 4.69) is 6.92 Å². The summed E-state index contributed by atoms with van der Waals surface area (Å²) in [5, 5.41) is 0. The Morgan fingerprint density at radius 3 is 2.64 bits per heavy atom. The van der Waals surface area contributed by atoms with E-state index in [0.29, 0.717) is 19.1 Å². The second-order valence-corrected chi connectivity index (χ2v) is 3.54. The van der Waals surface area contributed by atoms with Gasteiger partial charge in [-0.3, -0.25) is 0 Å². The molecule has 0 bridgehead atoms. The van der Waals surface area contributed by atoms with Crippen LogP contribution in [0.4, 0.5) is 4.79 Å². The molecule has 1 amide bonds. The van der Waals surface area contributed by atoms with Crippen LogP contribution in [0.1, 0.15) is 12.8 Å². The van der Waals surface area contributed by atoms with E-state index in [9.17, 15) is 4.79 Å². The first-order chi connectivity index (χ1) is 6.74. The number of piperidine rings is 1. The van der Waals surface area contributed by atoms with Gasteiger partial charge in [0, 0.05) is 20.2 Å². The predicted octanol–water partition coefficient (Wildman–Crippen LogP) is 1.32. The van der Waals surface area contributed by atoms with Crippen molar-refractivity contribution >= 4 is 6.09 Å². The standard InChI is InChI=1S/C10H18NO3/c1-9-3-5-11(6-4-9)10(12)14-8-7-13-2/h9H,1,3-8H2,2H3. The van der Waals surface area contributed by atoms with E-state index < -0.39 is 0 Å². The molecule has 81 valence electrons. The Kier molecular flexibility index (Phi) is 4.73. The normalized spacial score (nSPS) is 18.3. The maximum absolute atomic E-state index is 11.4. The molecule has 0 aliphatic carbocycles. The average molecular weight is 200 g/mol. The fraction of sp³-hybridized carbons (Fsp3) is 0.800. The van der Waals surface area contributed by atoms with Crippen molar-refractivity contribution in [3.8, 4) is 0 Å². The molecule has 0 aromatic heterocycles. The van der Waals surface area contributed by atoms with Gasteiger partial charge in [0.2, 0.25) is 0 Å². The van der Waals surface area contributed by atoms with Gasteiger partial charge in [-0.25, -0.2) is 4.79 Å². The fourth-order valence-corrected chi connectivity index (χ4v) is 1.42. The zero-order chi connectivity index (χ0) is 10.4. The number of likely N-dealkylation sites (tertiary alicyclic amines) is 1. The first-order valence-electron chi connectivity index (χ1n) is 4.97. The molecule has 4 nitrogen and oxygen atoms in total. The molecule has 1 fully saturated rings. The summed E-state index contributed by atoms with van der Waals surface area (Å²) in [7, 11) is 1.59. The van der Waals surface area contributed by atoms with Gasteiger partial charge in [-0.2, -0.15) is 0 Å². The third kappa shape index (κ3) is 3.54. The van der Waals surface area contributed by atoms with Crippen molar-refractivity contribution in [3.63, 3.8) is 0 Å². The molecule has 1 aliphatic heterocycles. The van der Waals surface area contributed by atoms with Gasteiger partial charge in [0.1, 0.15) is 6.61 Å². The van der Waals surface area contributed by atoms with E-state index in [0.717, 1.165) is 25.9 Å². The fourth-order valence-electron chi connectivity index (χ4n) is 1.42. The van der Waals surface area contributed by atoms with E-state index >= 15 is 0 Å². The average Bonchev–Trinajstić information content (AvgIpc) is 2.19. The highest BCUT2D eigenvalue weighted by Gasteiger charge is 2.20. The monoisotopic (exact) mass is 200 g/mol. The lowest BCUT2D eigenvalue weighted by Gasteiger charge is -2.29. The summed E-state index contributed by atoms with van der Waals surface area (Å²) in [6.07, 6.45) is 1.72. The third-order valence-corrected chi connectivity index (χ3v) is 2.39. The largest absolute Gasteiger partial charge is 0.447 e. The number of ether oxygens (including phenoxy) is 2. The maximum Gasteiger partial charge on any atom is 0.409 e. The molecule has 0 spiro atoms. The van der Waals surface area contributed by atoms with Crippen LogP contribution in [-0.2, 0) is 9.47 Å². The quantitative estimate of drug-likeness (QED) is 0.645. The summed E-state index contributed by atoms with van der Waals surface area (Å²) < 4.78 is 9.79. The Labute approximate surface area is 85.2 Å². The van der Waals surface area contributed by atoms with Crippen molar-refractivity contribution in [2.75, 3.05) is 33.4 Å². The third-order valence-electron chi connectivity index (χ3n) is 2.39. The second-order valence-electron chi connectivity index (χ2n) is 3.54. The molecule has 1 heterocycles. The number of carbonyl (C=O) groups excluding carboxylic acids is 1. The lowest BCUT2D eigenvalue weighted by atomic mass is 10.00. The summed E-state index contributed by atoms with van der Waals surface area (Å²) in [6.45, 7) is 6.28. The van der Waals surface area contributed by atoms with Crippen LogP contribution in [0.3, 0.4) is 0 Å². The Hall–Kier alpha value is -0.770. The number of hydrogen-bond donors (Lipinski definition) is 0. The van der Waals surface area contributed by atoms with Crippen LogP contribution in [-0.4, -0.2) is 44.4 Å². The highest BCUT2D eigenvalue weighted by molar-refractivity contribution is 5.67. The molecule has 0 unspecified atom stereocenters. The van der Waals surface area contributed by atoms with Crippen LogP contribution < -0.4 is 0 Å². The van der Waals surface area contributed by atoms with Gasteiger partial charge in [0.25, 0.3) is 0 Å². The number of carbonyl (C=O) groups is 1. The number of amides is 1. The zero-order valence-corrected chi connectivity index (χ0v) is 8.70. The summed E-state index contributed by atoms with van der Waals surface area (Å²) in [4.78, 5) is 13.1. The first kappa shape index (κ1) is 11.3. The van der Waals surface area contributed by atoms with E-state index in [4.69, 9.17) is 9.47 Å². The van der Waals surface area contributed by atoms with E-state index in [-0.39, 0.29) is 6.09 Å². The minimum absolute atomic E-state index is 0.228. The van der Waals surface area contributed by atoms with Crippen LogP contribution in [0.25, 0.3) is 0 Å². The number of hydrogen-bond acceptors (Lipinski definition) is 3. The van der Waals surface area contributed by atoms with Crippen molar-refractivity contribution in [3.05, 3.63) is 6.92 Å². The van der Waals surface area contributed by atoms with Gasteiger partial charge < -0.3 is 14.4 Å². The molecule has 1 aliphatic rings. The van der Waals surface area contributed by atoms with E-state index in [1.54, 1.807) is 12.0 Å². The highest BCUT2D eigenvalue weighted by Crippen LogP contribution is 2.15. The summed E-state index contributed by atoms with van der Waals surface area (Å²) in [6, 6.07) is 0. The van der Waals surface area contributed by atoms with Gasteiger partial charge in [-0.15, -0.1) is 0 Å². The number of methoxy groups -OCH3 is 1. The van der Waals surface area contributed by atoms with E-state index in [1.165, 1.54) is 0 Å². The summed E-state index contributed by atoms with van der Waals surface area (Å²) >= 11 is 0. The van der Waals surface area contributed by atoms with E-state index in [1.807, 2.05) is 0 Å². The molecule has 0 saturated carbocycles. The van der Waals surface area contributed by atoms with Gasteiger partial charge in [0.15, 0.2) is 0 Å². The zero-order valence-electron chi connectivity index (χ0n) is 8.70. The molecule has 0 atom stereocenters. The Balaban J connectivity index is 2.17. The van der Waals surface area contributed by atoms with Gasteiger partial charge in [0.05, 0.1) is 6.61 Å². The van der Waals surface area contributed by atoms with Crippen molar-refractivity contribution in [2.45, 2.75) is 12.8 Å². The number of nitrogens with zero attached hydrogens (tertiary/aromatic N) is 1. The smallest absolute Gasteiger partial charge is 0.409 e. The van der Waals surface area contributed by atoms with Crippen LogP contribution in [0, 0.1) is 12.8 Å². The molecule has 0 aromatic carbocycles. The van der Waals surface area contributed by atoms with Crippen LogP contribution in [0.2, 0.25) is 0 Å².